The summed E-state index contributed by atoms with van der Waals surface area (Å²) in [4.78, 5) is 27.7. The maximum atomic E-state index is 14.8. The van der Waals surface area contributed by atoms with E-state index in [4.69, 9.17) is 9.47 Å². The zero-order valence-corrected chi connectivity index (χ0v) is 16.8. The van der Waals surface area contributed by atoms with Gasteiger partial charge in [-0.05, 0) is 39.2 Å². The first kappa shape index (κ1) is 20.4. The highest BCUT2D eigenvalue weighted by atomic mass is 19.1. The van der Waals surface area contributed by atoms with Gasteiger partial charge in [-0.2, -0.15) is 0 Å². The van der Waals surface area contributed by atoms with Crippen molar-refractivity contribution in [3.8, 4) is 0 Å². The van der Waals surface area contributed by atoms with Crippen LogP contribution in [0, 0.1) is 5.41 Å². The first-order valence-corrected chi connectivity index (χ1v) is 9.76. The van der Waals surface area contributed by atoms with Gasteiger partial charge in [-0.15, -0.1) is 0 Å². The number of alkyl halides is 1. The molecule has 0 saturated carbocycles. The van der Waals surface area contributed by atoms with Crippen LogP contribution in [-0.4, -0.2) is 59.9 Å². The Kier molecular flexibility index (Phi) is 5.82. The maximum absolute atomic E-state index is 14.8. The van der Waals surface area contributed by atoms with Crippen LogP contribution in [0.15, 0.2) is 30.3 Å². The molecule has 2 saturated heterocycles. The molecule has 0 aliphatic carbocycles. The third-order valence-electron chi connectivity index (χ3n) is 5.43. The summed E-state index contributed by atoms with van der Waals surface area (Å²) in [5, 5.41) is 0. The largest absolute Gasteiger partial charge is 0.445 e. The van der Waals surface area contributed by atoms with Gasteiger partial charge < -0.3 is 19.3 Å². The van der Waals surface area contributed by atoms with Crippen molar-refractivity contribution < 1.29 is 23.5 Å². The minimum atomic E-state index is -1.11. The van der Waals surface area contributed by atoms with E-state index in [1.165, 1.54) is 4.90 Å². The molecule has 1 atom stereocenters. The number of hydrogen-bond donors (Lipinski definition) is 0. The molecular weight excluding hydrogens is 363 g/mol. The molecule has 28 heavy (non-hydrogen) atoms. The molecule has 154 valence electrons. The molecule has 0 bridgehead atoms. The van der Waals surface area contributed by atoms with E-state index < -0.39 is 23.3 Å². The molecule has 7 heteroatoms. The molecule has 1 aromatic carbocycles. The van der Waals surface area contributed by atoms with E-state index in [0.717, 1.165) is 5.56 Å². The normalized spacial score (nSPS) is 21.6. The van der Waals surface area contributed by atoms with Crippen LogP contribution in [0.5, 0.6) is 0 Å². The highest BCUT2D eigenvalue weighted by Crippen LogP contribution is 2.42. The van der Waals surface area contributed by atoms with Crippen LogP contribution < -0.4 is 0 Å². The molecule has 2 fully saturated rings. The van der Waals surface area contributed by atoms with Gasteiger partial charge in [0.05, 0.1) is 6.54 Å². The lowest BCUT2D eigenvalue weighted by molar-refractivity contribution is 0.0224. The maximum Gasteiger partial charge on any atom is 0.410 e. The van der Waals surface area contributed by atoms with Crippen LogP contribution in [0.4, 0.5) is 14.0 Å². The summed E-state index contributed by atoms with van der Waals surface area (Å²) >= 11 is 0. The lowest BCUT2D eigenvalue weighted by Gasteiger charge is -2.39. The molecule has 0 N–H and O–H groups in total. The number of hydrogen-bond acceptors (Lipinski definition) is 4. The average Bonchev–Trinajstić information content (AvgIpc) is 2.96. The SMILES string of the molecule is CC(C)(C)OC(=O)N1CC(F)C2(CCN(C(=O)OCc3ccccc3)CC2)C1. The Labute approximate surface area is 165 Å². The fourth-order valence-electron chi connectivity index (χ4n) is 3.81. The number of piperidine rings is 1. The fourth-order valence-corrected chi connectivity index (χ4v) is 3.81. The Bertz CT molecular complexity index is 696. The number of ether oxygens (including phenoxy) is 2. The molecular formula is C21H29FN2O4. The van der Waals surface area contributed by atoms with E-state index >= 15 is 0 Å². The second kappa shape index (κ2) is 7.97. The minimum absolute atomic E-state index is 0.0490. The predicted molar refractivity (Wildman–Crippen MR) is 103 cm³/mol. The Hall–Kier alpha value is -2.31. The van der Waals surface area contributed by atoms with Crippen molar-refractivity contribution >= 4 is 12.2 Å². The van der Waals surface area contributed by atoms with Crippen molar-refractivity contribution in [3.05, 3.63) is 35.9 Å². The van der Waals surface area contributed by atoms with Crippen molar-refractivity contribution in [1.29, 1.82) is 0 Å². The zero-order chi connectivity index (χ0) is 20.4. The summed E-state index contributed by atoms with van der Waals surface area (Å²) in [6, 6.07) is 9.49. The lowest BCUT2D eigenvalue weighted by Crippen LogP contribution is -2.47. The molecule has 2 aliphatic rings. The van der Waals surface area contributed by atoms with Gasteiger partial charge in [-0.25, -0.2) is 14.0 Å². The molecule has 3 rings (SSSR count). The van der Waals surface area contributed by atoms with Crippen molar-refractivity contribution in [2.24, 2.45) is 5.41 Å². The number of carbonyl (C=O) groups excluding carboxylic acids is 2. The number of likely N-dealkylation sites (tertiary alicyclic amines) is 2. The van der Waals surface area contributed by atoms with Gasteiger partial charge in [0, 0.05) is 25.0 Å². The van der Waals surface area contributed by atoms with Gasteiger partial charge in [0.2, 0.25) is 0 Å². The molecule has 6 nitrogen and oxygen atoms in total. The topological polar surface area (TPSA) is 59.1 Å². The van der Waals surface area contributed by atoms with Gasteiger partial charge >= 0.3 is 12.2 Å². The van der Waals surface area contributed by atoms with Gasteiger partial charge in [-0.3, -0.25) is 0 Å². The first-order valence-electron chi connectivity index (χ1n) is 9.76. The number of rotatable bonds is 2. The van der Waals surface area contributed by atoms with E-state index in [1.54, 1.807) is 25.7 Å². The van der Waals surface area contributed by atoms with Gasteiger partial charge in [-0.1, -0.05) is 30.3 Å². The van der Waals surface area contributed by atoms with E-state index in [0.29, 0.717) is 32.5 Å². The minimum Gasteiger partial charge on any atom is -0.445 e. The number of nitrogens with zero attached hydrogens (tertiary/aromatic N) is 2. The highest BCUT2D eigenvalue weighted by Gasteiger charge is 2.51. The summed E-state index contributed by atoms with van der Waals surface area (Å²) < 4.78 is 25.6. The van der Waals surface area contributed by atoms with Crippen LogP contribution in [0.3, 0.4) is 0 Å². The van der Waals surface area contributed by atoms with Crippen LogP contribution in [0.1, 0.15) is 39.2 Å². The van der Waals surface area contributed by atoms with Crippen LogP contribution in [0.25, 0.3) is 0 Å². The number of amides is 2. The monoisotopic (exact) mass is 392 g/mol. The zero-order valence-electron chi connectivity index (χ0n) is 16.8. The van der Waals surface area contributed by atoms with Crippen LogP contribution in [-0.2, 0) is 16.1 Å². The Morgan fingerprint density at radius 2 is 1.75 bits per heavy atom. The number of benzene rings is 1. The van der Waals surface area contributed by atoms with E-state index in [-0.39, 0.29) is 19.2 Å². The molecule has 1 aromatic rings. The summed E-state index contributed by atoms with van der Waals surface area (Å²) in [6.45, 7) is 6.84. The first-order chi connectivity index (χ1) is 13.2. The Morgan fingerprint density at radius 1 is 1.11 bits per heavy atom. The Morgan fingerprint density at radius 3 is 2.36 bits per heavy atom. The molecule has 1 unspecified atom stereocenters. The van der Waals surface area contributed by atoms with Gasteiger partial charge in [0.25, 0.3) is 0 Å². The number of carbonyl (C=O) groups is 2. The smallest absolute Gasteiger partial charge is 0.410 e. The van der Waals surface area contributed by atoms with Crippen LogP contribution in [0.2, 0.25) is 0 Å². The summed E-state index contributed by atoms with van der Waals surface area (Å²) in [6.07, 6.45) is -0.947. The molecule has 2 amide bonds. The molecule has 2 aliphatic heterocycles. The number of halogens is 1. The van der Waals surface area contributed by atoms with Crippen LogP contribution >= 0.6 is 0 Å². The Balaban J connectivity index is 1.51. The fraction of sp³-hybridized carbons (Fsp3) is 0.619. The van der Waals surface area contributed by atoms with E-state index in [2.05, 4.69) is 0 Å². The second-order valence-corrected chi connectivity index (χ2v) is 8.72. The summed E-state index contributed by atoms with van der Waals surface area (Å²) in [7, 11) is 0. The predicted octanol–water partition coefficient (Wildman–Crippen LogP) is 3.99. The van der Waals surface area contributed by atoms with Crippen molar-refractivity contribution in [1.82, 2.24) is 9.80 Å². The van der Waals surface area contributed by atoms with Gasteiger partial charge in [0.15, 0.2) is 0 Å². The third kappa shape index (κ3) is 4.75. The standard InChI is InChI=1S/C21H29FN2O4/c1-20(2,3)28-19(26)24-13-17(22)21(15-24)9-11-23(12-10-21)18(25)27-14-16-7-5-4-6-8-16/h4-8,17H,9-15H2,1-3H3. The highest BCUT2D eigenvalue weighted by molar-refractivity contribution is 5.69. The van der Waals surface area contributed by atoms with Crippen molar-refractivity contribution in [2.75, 3.05) is 26.2 Å². The van der Waals surface area contributed by atoms with E-state index in [1.807, 2.05) is 30.3 Å². The quantitative estimate of drug-likeness (QED) is 0.764. The summed E-state index contributed by atoms with van der Waals surface area (Å²) in [5.41, 5.74) is -0.283. The lowest BCUT2D eigenvalue weighted by atomic mass is 9.76. The van der Waals surface area contributed by atoms with Crippen molar-refractivity contribution in [2.45, 2.75) is 52.0 Å². The van der Waals surface area contributed by atoms with E-state index in [9.17, 15) is 14.0 Å². The molecule has 1 spiro atoms. The summed E-state index contributed by atoms with van der Waals surface area (Å²) in [5.74, 6) is 0. The molecule has 0 aromatic heterocycles. The second-order valence-electron chi connectivity index (χ2n) is 8.72. The third-order valence-corrected chi connectivity index (χ3v) is 5.43. The van der Waals surface area contributed by atoms with Crippen molar-refractivity contribution in [3.63, 3.8) is 0 Å². The molecule has 2 heterocycles. The average molecular weight is 392 g/mol. The molecule has 0 radical (unpaired) electrons. The van der Waals surface area contributed by atoms with Gasteiger partial charge in [0.1, 0.15) is 18.4 Å².